The van der Waals surface area contributed by atoms with E-state index in [1.807, 2.05) is 12.2 Å². The molecular formula is C11H16O3. The monoisotopic (exact) mass is 196 g/mol. The van der Waals surface area contributed by atoms with Crippen molar-refractivity contribution in [3.05, 3.63) is 24.8 Å². The maximum absolute atomic E-state index is 10.8. The van der Waals surface area contributed by atoms with Crippen LogP contribution in [0.5, 0.6) is 0 Å². The van der Waals surface area contributed by atoms with E-state index in [0.29, 0.717) is 25.7 Å². The van der Waals surface area contributed by atoms with Gasteiger partial charge in [0.2, 0.25) is 0 Å². The number of carbonyl (C=O) groups is 2. The van der Waals surface area contributed by atoms with Crippen molar-refractivity contribution < 1.29 is 14.3 Å². The van der Waals surface area contributed by atoms with E-state index >= 15 is 0 Å². The van der Waals surface area contributed by atoms with Gasteiger partial charge in [-0.25, -0.2) is 0 Å². The van der Waals surface area contributed by atoms with Gasteiger partial charge >= 0.3 is 5.97 Å². The van der Waals surface area contributed by atoms with Gasteiger partial charge in [0.15, 0.2) is 5.78 Å². The van der Waals surface area contributed by atoms with E-state index in [0.717, 1.165) is 0 Å². The van der Waals surface area contributed by atoms with Gasteiger partial charge in [-0.2, -0.15) is 0 Å². The molecule has 0 aromatic rings. The average Bonchev–Trinajstić information content (AvgIpc) is 2.22. The second-order valence-corrected chi connectivity index (χ2v) is 2.80. The number of rotatable bonds is 7. The summed E-state index contributed by atoms with van der Waals surface area (Å²) in [4.78, 5) is 21.4. The van der Waals surface area contributed by atoms with Crippen LogP contribution >= 0.6 is 0 Å². The van der Waals surface area contributed by atoms with Gasteiger partial charge in [0.1, 0.15) is 0 Å². The van der Waals surface area contributed by atoms with Crippen LogP contribution in [0.25, 0.3) is 0 Å². The Labute approximate surface area is 84.4 Å². The highest BCUT2D eigenvalue weighted by atomic mass is 16.5. The lowest BCUT2D eigenvalue weighted by molar-refractivity contribution is -0.140. The minimum atomic E-state index is -0.211. The molecule has 0 N–H and O–H groups in total. The van der Waals surface area contributed by atoms with Crippen molar-refractivity contribution in [2.75, 3.05) is 7.11 Å². The fourth-order valence-electron chi connectivity index (χ4n) is 0.867. The van der Waals surface area contributed by atoms with Gasteiger partial charge in [-0.05, 0) is 18.9 Å². The Morgan fingerprint density at radius 3 is 2.29 bits per heavy atom. The number of hydrogen-bond acceptors (Lipinski definition) is 3. The molecule has 0 atom stereocenters. The Bertz CT molecular complexity index is 229. The second-order valence-electron chi connectivity index (χ2n) is 2.80. The largest absolute Gasteiger partial charge is 0.469 e. The molecule has 78 valence electrons. The SMILES string of the molecule is C=CC(=O)CC/C=C\CCC(=O)OC. The molecule has 0 fully saturated rings. The lowest BCUT2D eigenvalue weighted by Gasteiger charge is -1.94. The topological polar surface area (TPSA) is 43.4 Å². The number of hydrogen-bond donors (Lipinski definition) is 0. The Morgan fingerprint density at radius 2 is 1.79 bits per heavy atom. The molecule has 0 bridgehead atoms. The first-order chi connectivity index (χ1) is 6.70. The van der Waals surface area contributed by atoms with Crippen LogP contribution in [-0.2, 0) is 14.3 Å². The quantitative estimate of drug-likeness (QED) is 0.355. The van der Waals surface area contributed by atoms with Crippen molar-refractivity contribution in [2.45, 2.75) is 25.7 Å². The van der Waals surface area contributed by atoms with Gasteiger partial charge in [-0.1, -0.05) is 18.7 Å². The highest BCUT2D eigenvalue weighted by Crippen LogP contribution is 1.97. The molecule has 0 radical (unpaired) electrons. The first kappa shape index (κ1) is 12.6. The molecule has 0 saturated heterocycles. The molecule has 0 unspecified atom stereocenters. The zero-order valence-electron chi connectivity index (χ0n) is 8.49. The van der Waals surface area contributed by atoms with E-state index < -0.39 is 0 Å². The van der Waals surface area contributed by atoms with E-state index in [1.54, 1.807) is 0 Å². The van der Waals surface area contributed by atoms with E-state index in [4.69, 9.17) is 0 Å². The maximum atomic E-state index is 10.8. The molecule has 0 heterocycles. The molecule has 0 aromatic heterocycles. The van der Waals surface area contributed by atoms with Gasteiger partial charge < -0.3 is 4.74 Å². The third-order valence-corrected chi connectivity index (χ3v) is 1.69. The number of methoxy groups -OCH3 is 1. The van der Waals surface area contributed by atoms with Crippen LogP contribution in [0.15, 0.2) is 24.8 Å². The number of ketones is 1. The summed E-state index contributed by atoms with van der Waals surface area (Å²) < 4.78 is 4.47. The summed E-state index contributed by atoms with van der Waals surface area (Å²) in [6, 6.07) is 0. The summed E-state index contributed by atoms with van der Waals surface area (Å²) in [7, 11) is 1.37. The molecule has 3 nitrogen and oxygen atoms in total. The first-order valence-electron chi connectivity index (χ1n) is 4.57. The van der Waals surface area contributed by atoms with Gasteiger partial charge in [0, 0.05) is 12.8 Å². The Balaban J connectivity index is 3.41. The summed E-state index contributed by atoms with van der Waals surface area (Å²) in [6.07, 6.45) is 7.33. The van der Waals surface area contributed by atoms with Crippen molar-refractivity contribution in [3.63, 3.8) is 0 Å². The minimum Gasteiger partial charge on any atom is -0.469 e. The lowest BCUT2D eigenvalue weighted by Crippen LogP contribution is -1.98. The molecule has 0 aliphatic rings. The number of carbonyl (C=O) groups excluding carboxylic acids is 2. The van der Waals surface area contributed by atoms with E-state index in [1.165, 1.54) is 13.2 Å². The third-order valence-electron chi connectivity index (χ3n) is 1.69. The summed E-state index contributed by atoms with van der Waals surface area (Å²) >= 11 is 0. The Kier molecular flexibility index (Phi) is 7.42. The van der Waals surface area contributed by atoms with Crippen molar-refractivity contribution in [1.82, 2.24) is 0 Å². The first-order valence-corrected chi connectivity index (χ1v) is 4.57. The summed E-state index contributed by atoms with van der Waals surface area (Å²) in [6.45, 7) is 3.38. The van der Waals surface area contributed by atoms with Crippen LogP contribution in [0.2, 0.25) is 0 Å². The third kappa shape index (κ3) is 7.28. The van der Waals surface area contributed by atoms with Crippen molar-refractivity contribution in [1.29, 1.82) is 0 Å². The molecule has 0 rings (SSSR count). The lowest BCUT2D eigenvalue weighted by atomic mass is 10.2. The maximum Gasteiger partial charge on any atom is 0.305 e. The zero-order valence-corrected chi connectivity index (χ0v) is 8.49. The van der Waals surface area contributed by atoms with Crippen LogP contribution in [-0.4, -0.2) is 18.9 Å². The van der Waals surface area contributed by atoms with Crippen molar-refractivity contribution in [2.24, 2.45) is 0 Å². The number of allylic oxidation sites excluding steroid dienone is 3. The van der Waals surface area contributed by atoms with Gasteiger partial charge in [0.05, 0.1) is 7.11 Å². The molecule has 0 spiro atoms. The normalized spacial score (nSPS) is 10.1. The van der Waals surface area contributed by atoms with Crippen LogP contribution in [0, 0.1) is 0 Å². The van der Waals surface area contributed by atoms with Crippen LogP contribution in [0.3, 0.4) is 0 Å². The number of ether oxygens (including phenoxy) is 1. The molecule has 0 aromatic carbocycles. The second kappa shape index (κ2) is 8.23. The van der Waals surface area contributed by atoms with E-state index in [2.05, 4.69) is 11.3 Å². The minimum absolute atomic E-state index is 0.0441. The highest BCUT2D eigenvalue weighted by molar-refractivity contribution is 5.89. The standard InChI is InChI=1S/C11H16O3/c1-3-10(12)8-6-4-5-7-9-11(13)14-2/h3-5H,1,6-9H2,2H3/b5-4-. The molecule has 14 heavy (non-hydrogen) atoms. The van der Waals surface area contributed by atoms with Crippen LogP contribution in [0.1, 0.15) is 25.7 Å². The fourth-order valence-corrected chi connectivity index (χ4v) is 0.867. The van der Waals surface area contributed by atoms with E-state index in [-0.39, 0.29) is 11.8 Å². The Hall–Kier alpha value is -1.38. The predicted molar refractivity (Wildman–Crippen MR) is 54.8 cm³/mol. The number of esters is 1. The van der Waals surface area contributed by atoms with Crippen LogP contribution in [0.4, 0.5) is 0 Å². The van der Waals surface area contributed by atoms with Crippen molar-refractivity contribution >= 4 is 11.8 Å². The molecule has 0 aliphatic carbocycles. The molecular weight excluding hydrogens is 180 g/mol. The van der Waals surface area contributed by atoms with E-state index in [9.17, 15) is 9.59 Å². The van der Waals surface area contributed by atoms with Crippen LogP contribution < -0.4 is 0 Å². The van der Waals surface area contributed by atoms with Crippen molar-refractivity contribution in [3.8, 4) is 0 Å². The zero-order chi connectivity index (χ0) is 10.8. The smallest absolute Gasteiger partial charge is 0.305 e. The molecule has 0 saturated carbocycles. The average molecular weight is 196 g/mol. The summed E-state index contributed by atoms with van der Waals surface area (Å²) in [5.74, 6) is -0.167. The summed E-state index contributed by atoms with van der Waals surface area (Å²) in [5, 5.41) is 0. The Morgan fingerprint density at radius 1 is 1.21 bits per heavy atom. The molecule has 0 amide bonds. The fraction of sp³-hybridized carbons (Fsp3) is 0.455. The van der Waals surface area contributed by atoms with Gasteiger partial charge in [-0.15, -0.1) is 0 Å². The predicted octanol–water partition coefficient (Wildman–Crippen LogP) is 2.03. The van der Waals surface area contributed by atoms with Gasteiger partial charge in [0.25, 0.3) is 0 Å². The molecule has 3 heteroatoms. The highest BCUT2D eigenvalue weighted by Gasteiger charge is 1.96. The summed E-state index contributed by atoms with van der Waals surface area (Å²) in [5.41, 5.74) is 0. The molecule has 0 aliphatic heterocycles. The van der Waals surface area contributed by atoms with Gasteiger partial charge in [-0.3, -0.25) is 9.59 Å².